The van der Waals surface area contributed by atoms with Crippen molar-refractivity contribution in [3.8, 4) is 0 Å². The maximum Gasteiger partial charge on any atom is 0.0612 e. The maximum absolute atomic E-state index is 8.54. The van der Waals surface area contributed by atoms with Gasteiger partial charge in [0.2, 0.25) is 0 Å². The molecule has 0 aromatic rings. The van der Waals surface area contributed by atoms with Gasteiger partial charge in [0.05, 0.1) is 6.61 Å². The number of aliphatic hydroxyl groups excluding tert-OH is 1. The number of likely N-dealkylation sites (tertiary alicyclic amines) is 1. The second-order valence-corrected chi connectivity index (χ2v) is 3.44. The average Bonchev–Trinajstić information content (AvgIpc) is 2.53. The molecule has 1 heterocycles. The van der Waals surface area contributed by atoms with E-state index in [4.69, 9.17) is 5.11 Å². The lowest BCUT2D eigenvalue weighted by molar-refractivity contribution is 0.338. The van der Waals surface area contributed by atoms with E-state index in [0.717, 1.165) is 12.3 Å². The lowest BCUT2D eigenvalue weighted by atomic mass is 10.1. The molecule has 0 amide bonds. The zero-order chi connectivity index (χ0) is 8.81. The van der Waals surface area contributed by atoms with Gasteiger partial charge in [-0.1, -0.05) is 19.1 Å². The lowest BCUT2D eigenvalue weighted by Crippen LogP contribution is -2.19. The molecular weight excluding hydrogens is 150 g/mol. The fourth-order valence-corrected chi connectivity index (χ4v) is 1.76. The standard InChI is InChI=1S/C10H19NO/c1-2-11-7-6-10(9-11)5-3-4-8-12/h3-4,10,12H,2,5-9H2,1H3/b4-3-. The highest BCUT2D eigenvalue weighted by molar-refractivity contribution is 4.86. The Bertz CT molecular complexity index is 145. The van der Waals surface area contributed by atoms with Crippen LogP contribution in [0.15, 0.2) is 12.2 Å². The van der Waals surface area contributed by atoms with Gasteiger partial charge in [-0.3, -0.25) is 0 Å². The summed E-state index contributed by atoms with van der Waals surface area (Å²) >= 11 is 0. The normalized spacial score (nSPS) is 25.7. The van der Waals surface area contributed by atoms with Crippen molar-refractivity contribution in [3.05, 3.63) is 12.2 Å². The van der Waals surface area contributed by atoms with E-state index in [0.29, 0.717) is 0 Å². The van der Waals surface area contributed by atoms with Crippen LogP contribution in [0.4, 0.5) is 0 Å². The number of rotatable bonds is 4. The van der Waals surface area contributed by atoms with Gasteiger partial charge >= 0.3 is 0 Å². The summed E-state index contributed by atoms with van der Waals surface area (Å²) < 4.78 is 0. The molecule has 1 saturated heterocycles. The summed E-state index contributed by atoms with van der Waals surface area (Å²) in [6.45, 7) is 6.08. The Balaban J connectivity index is 2.14. The molecule has 1 atom stereocenters. The highest BCUT2D eigenvalue weighted by atomic mass is 16.2. The molecule has 0 aromatic carbocycles. The minimum atomic E-state index is 0.185. The minimum Gasteiger partial charge on any atom is -0.392 e. The average molecular weight is 169 g/mol. The van der Waals surface area contributed by atoms with Gasteiger partial charge in [0, 0.05) is 6.54 Å². The third-order valence-electron chi connectivity index (χ3n) is 2.56. The van der Waals surface area contributed by atoms with Crippen LogP contribution in [0.2, 0.25) is 0 Å². The summed E-state index contributed by atoms with van der Waals surface area (Å²) in [4.78, 5) is 2.48. The van der Waals surface area contributed by atoms with Crippen LogP contribution in [-0.2, 0) is 0 Å². The van der Waals surface area contributed by atoms with E-state index < -0.39 is 0 Å². The lowest BCUT2D eigenvalue weighted by Gasteiger charge is -2.11. The van der Waals surface area contributed by atoms with Crippen LogP contribution in [0.5, 0.6) is 0 Å². The Morgan fingerprint density at radius 2 is 2.33 bits per heavy atom. The molecule has 1 unspecified atom stereocenters. The van der Waals surface area contributed by atoms with E-state index in [1.807, 2.05) is 6.08 Å². The van der Waals surface area contributed by atoms with Crippen LogP contribution in [0, 0.1) is 5.92 Å². The van der Waals surface area contributed by atoms with E-state index in [9.17, 15) is 0 Å². The summed E-state index contributed by atoms with van der Waals surface area (Å²) in [5, 5.41) is 8.54. The van der Waals surface area contributed by atoms with E-state index in [1.165, 1.54) is 26.1 Å². The molecular formula is C10H19NO. The van der Waals surface area contributed by atoms with E-state index in [-0.39, 0.29) is 6.61 Å². The molecule has 1 aliphatic heterocycles. The van der Waals surface area contributed by atoms with Crippen molar-refractivity contribution in [2.24, 2.45) is 5.92 Å². The van der Waals surface area contributed by atoms with Crippen molar-refractivity contribution in [3.63, 3.8) is 0 Å². The van der Waals surface area contributed by atoms with Crippen LogP contribution < -0.4 is 0 Å². The summed E-state index contributed by atoms with van der Waals surface area (Å²) in [6, 6.07) is 0. The van der Waals surface area contributed by atoms with Gasteiger partial charge in [-0.25, -0.2) is 0 Å². The molecule has 0 aromatic heterocycles. The van der Waals surface area contributed by atoms with Crippen molar-refractivity contribution < 1.29 is 5.11 Å². The molecule has 12 heavy (non-hydrogen) atoms. The van der Waals surface area contributed by atoms with Crippen molar-refractivity contribution in [2.45, 2.75) is 19.8 Å². The Morgan fingerprint density at radius 3 is 2.92 bits per heavy atom. The molecule has 1 fully saturated rings. The topological polar surface area (TPSA) is 23.5 Å². The van der Waals surface area contributed by atoms with Gasteiger partial charge in [0.25, 0.3) is 0 Å². The Labute approximate surface area is 74.9 Å². The van der Waals surface area contributed by atoms with Crippen LogP contribution in [-0.4, -0.2) is 36.2 Å². The number of aliphatic hydroxyl groups is 1. The molecule has 2 nitrogen and oxygen atoms in total. The second kappa shape index (κ2) is 5.33. The van der Waals surface area contributed by atoms with Crippen LogP contribution in [0.1, 0.15) is 19.8 Å². The van der Waals surface area contributed by atoms with E-state index in [1.54, 1.807) is 0 Å². The predicted octanol–water partition coefficient (Wildman–Crippen LogP) is 1.27. The quantitative estimate of drug-likeness (QED) is 0.641. The minimum absolute atomic E-state index is 0.185. The molecule has 0 spiro atoms. The van der Waals surface area contributed by atoms with Gasteiger partial charge < -0.3 is 10.0 Å². The third-order valence-corrected chi connectivity index (χ3v) is 2.56. The molecule has 1 N–H and O–H groups in total. The largest absolute Gasteiger partial charge is 0.392 e. The zero-order valence-electron chi connectivity index (χ0n) is 7.87. The molecule has 0 radical (unpaired) electrons. The van der Waals surface area contributed by atoms with Crippen molar-refractivity contribution >= 4 is 0 Å². The summed E-state index contributed by atoms with van der Waals surface area (Å²) in [5.74, 6) is 0.827. The van der Waals surface area contributed by atoms with Gasteiger partial charge in [-0.15, -0.1) is 0 Å². The summed E-state index contributed by atoms with van der Waals surface area (Å²) in [6.07, 6.45) is 6.40. The smallest absolute Gasteiger partial charge is 0.0612 e. The van der Waals surface area contributed by atoms with Crippen molar-refractivity contribution in [2.75, 3.05) is 26.2 Å². The number of nitrogens with zero attached hydrogens (tertiary/aromatic N) is 1. The summed E-state index contributed by atoms with van der Waals surface area (Å²) in [5.41, 5.74) is 0. The summed E-state index contributed by atoms with van der Waals surface area (Å²) in [7, 11) is 0. The SMILES string of the molecule is CCN1CCC(C/C=C\CO)C1. The van der Waals surface area contributed by atoms with Gasteiger partial charge in [0.15, 0.2) is 0 Å². The Kier molecular flexibility index (Phi) is 4.33. The first-order chi connectivity index (χ1) is 5.86. The maximum atomic E-state index is 8.54. The predicted molar refractivity (Wildman–Crippen MR) is 51.1 cm³/mol. The van der Waals surface area contributed by atoms with E-state index >= 15 is 0 Å². The van der Waals surface area contributed by atoms with Gasteiger partial charge in [0.1, 0.15) is 0 Å². The Morgan fingerprint density at radius 1 is 1.50 bits per heavy atom. The van der Waals surface area contributed by atoms with Crippen LogP contribution in [0.25, 0.3) is 0 Å². The molecule has 1 rings (SSSR count). The second-order valence-electron chi connectivity index (χ2n) is 3.44. The fourth-order valence-electron chi connectivity index (χ4n) is 1.76. The highest BCUT2D eigenvalue weighted by Crippen LogP contribution is 2.19. The number of hydrogen-bond acceptors (Lipinski definition) is 2. The van der Waals surface area contributed by atoms with Crippen molar-refractivity contribution in [1.29, 1.82) is 0 Å². The molecule has 0 saturated carbocycles. The van der Waals surface area contributed by atoms with Gasteiger partial charge in [-0.2, -0.15) is 0 Å². The highest BCUT2D eigenvalue weighted by Gasteiger charge is 2.19. The van der Waals surface area contributed by atoms with Crippen LogP contribution in [0.3, 0.4) is 0 Å². The van der Waals surface area contributed by atoms with E-state index in [2.05, 4.69) is 17.9 Å². The first-order valence-corrected chi connectivity index (χ1v) is 4.85. The Hall–Kier alpha value is -0.340. The molecule has 1 aliphatic rings. The van der Waals surface area contributed by atoms with Gasteiger partial charge in [-0.05, 0) is 31.8 Å². The van der Waals surface area contributed by atoms with Crippen LogP contribution >= 0.6 is 0 Å². The molecule has 2 heteroatoms. The third kappa shape index (κ3) is 2.95. The molecule has 70 valence electrons. The molecule has 0 aliphatic carbocycles. The first-order valence-electron chi connectivity index (χ1n) is 4.85. The van der Waals surface area contributed by atoms with Crippen molar-refractivity contribution in [1.82, 2.24) is 4.90 Å². The monoisotopic (exact) mass is 169 g/mol. The first kappa shape index (κ1) is 9.75. The number of hydrogen-bond donors (Lipinski definition) is 1. The fraction of sp³-hybridized carbons (Fsp3) is 0.800. The molecule has 0 bridgehead atoms. The zero-order valence-corrected chi connectivity index (χ0v) is 7.87. The number of allylic oxidation sites excluding steroid dienone is 1.